The zero-order chi connectivity index (χ0) is 31.9. The van der Waals surface area contributed by atoms with Crippen LogP contribution in [0.15, 0.2) is 77.8 Å². The fourth-order valence-corrected chi connectivity index (χ4v) is 6.32. The molecule has 1 saturated carbocycles. The Morgan fingerprint density at radius 1 is 0.933 bits per heavy atom. The third-order valence-corrected chi connectivity index (χ3v) is 8.80. The first-order valence-corrected chi connectivity index (χ1v) is 16.0. The molecule has 0 bridgehead atoms. The Hall–Kier alpha value is -4.40. The van der Waals surface area contributed by atoms with E-state index in [9.17, 15) is 14.0 Å². The maximum atomic E-state index is 13.8. The van der Waals surface area contributed by atoms with Gasteiger partial charge in [-0.3, -0.25) is 9.69 Å². The number of aliphatic imine (C=N–C) groups is 1. The molecule has 3 aromatic rings. The molecule has 1 aliphatic heterocycles. The van der Waals surface area contributed by atoms with Crippen LogP contribution >= 0.6 is 0 Å². The number of hydrogen-bond acceptors (Lipinski definition) is 5. The Bertz CT molecular complexity index is 1480. The number of hydrogen-bond donors (Lipinski definition) is 1. The van der Waals surface area contributed by atoms with Crippen molar-refractivity contribution in [1.82, 2.24) is 20.0 Å². The molecule has 8 nitrogen and oxygen atoms in total. The minimum atomic E-state index is -0.493. The second kappa shape index (κ2) is 14.6. The first-order chi connectivity index (χ1) is 21.7. The van der Waals surface area contributed by atoms with Gasteiger partial charge in [-0.25, -0.2) is 14.2 Å². The van der Waals surface area contributed by atoms with E-state index in [0.29, 0.717) is 37.9 Å². The highest BCUT2D eigenvalue weighted by atomic mass is 19.1. The van der Waals surface area contributed by atoms with Crippen LogP contribution in [0, 0.1) is 5.82 Å². The maximum Gasteiger partial charge on any atom is 0.316 e. The quantitative estimate of drug-likeness (QED) is 0.264. The van der Waals surface area contributed by atoms with E-state index in [1.54, 1.807) is 33.2 Å². The summed E-state index contributed by atoms with van der Waals surface area (Å²) in [5.41, 5.74) is 4.84. The zero-order valence-corrected chi connectivity index (χ0v) is 26.9. The average Bonchev–Trinajstić information content (AvgIpc) is 3.05. The van der Waals surface area contributed by atoms with Crippen molar-refractivity contribution < 1.29 is 14.0 Å². The molecule has 1 fully saturated rings. The number of carbonyl (C=O) groups excluding carboxylic acids is 2. The maximum absolute atomic E-state index is 13.8. The van der Waals surface area contributed by atoms with Crippen LogP contribution in [-0.4, -0.2) is 66.8 Å². The number of halogens is 1. The van der Waals surface area contributed by atoms with Gasteiger partial charge in [0, 0.05) is 59.0 Å². The van der Waals surface area contributed by atoms with Crippen LogP contribution in [-0.2, 0) is 11.3 Å². The molecule has 0 saturated heterocycles. The lowest BCUT2D eigenvalue weighted by molar-refractivity contribution is -0.131. The number of benzene rings is 3. The molecular weight excluding hydrogens is 567 g/mol. The fourth-order valence-electron chi connectivity index (χ4n) is 6.32. The molecule has 238 valence electrons. The van der Waals surface area contributed by atoms with Crippen LogP contribution in [0.25, 0.3) is 0 Å². The molecule has 1 unspecified atom stereocenters. The standard InChI is InChI=1S/C36H45FN6O2/c1-26(44)42(25-27-15-19-30(37)20-16-27)34-32-13-8-9-14-33(32)39-35(41(4)24-10-23-38-36(45)40(2)3)43(34)31-21-17-29(18-22-31)28-11-6-5-7-12-28/h8-9,13-22,28,34H,5-7,10-12,23-25H2,1-4H3,(H,38,45). The van der Waals surface area contributed by atoms with Crippen molar-refractivity contribution in [3.05, 3.63) is 95.3 Å². The number of nitrogens with one attached hydrogen (secondary N) is 1. The largest absolute Gasteiger partial charge is 0.345 e. The molecule has 2 aliphatic rings. The lowest BCUT2D eigenvalue weighted by Gasteiger charge is -2.45. The first-order valence-electron chi connectivity index (χ1n) is 16.0. The Morgan fingerprint density at radius 2 is 1.62 bits per heavy atom. The van der Waals surface area contributed by atoms with Gasteiger partial charge in [0.25, 0.3) is 0 Å². The van der Waals surface area contributed by atoms with Gasteiger partial charge in [0.2, 0.25) is 11.9 Å². The van der Waals surface area contributed by atoms with E-state index in [-0.39, 0.29) is 17.8 Å². The van der Waals surface area contributed by atoms with Crippen molar-refractivity contribution >= 4 is 29.3 Å². The lowest BCUT2D eigenvalue weighted by atomic mass is 9.84. The number of rotatable bonds is 9. The predicted octanol–water partition coefficient (Wildman–Crippen LogP) is 7.02. The summed E-state index contributed by atoms with van der Waals surface area (Å²) < 4.78 is 13.8. The van der Waals surface area contributed by atoms with Crippen LogP contribution in [0.4, 0.5) is 20.6 Å². The Balaban J connectivity index is 1.53. The van der Waals surface area contributed by atoms with Gasteiger partial charge in [0.1, 0.15) is 12.0 Å². The summed E-state index contributed by atoms with van der Waals surface area (Å²) in [7, 11) is 5.44. The minimum absolute atomic E-state index is 0.0988. The van der Waals surface area contributed by atoms with Gasteiger partial charge in [-0.2, -0.15) is 0 Å². The molecule has 0 aromatic heterocycles. The second-order valence-corrected chi connectivity index (χ2v) is 12.3. The van der Waals surface area contributed by atoms with Crippen molar-refractivity contribution in [2.75, 3.05) is 39.1 Å². The predicted molar refractivity (Wildman–Crippen MR) is 178 cm³/mol. The van der Waals surface area contributed by atoms with Gasteiger partial charge in [-0.15, -0.1) is 0 Å². The number of anilines is 1. The molecule has 3 aromatic carbocycles. The molecule has 1 heterocycles. The highest BCUT2D eigenvalue weighted by Gasteiger charge is 2.38. The van der Waals surface area contributed by atoms with Crippen LogP contribution in [0.2, 0.25) is 0 Å². The van der Waals surface area contributed by atoms with Crippen molar-refractivity contribution in [3.8, 4) is 0 Å². The van der Waals surface area contributed by atoms with Crippen LogP contribution in [0.1, 0.15) is 74.2 Å². The molecule has 45 heavy (non-hydrogen) atoms. The summed E-state index contributed by atoms with van der Waals surface area (Å²) in [5, 5.41) is 2.94. The molecule has 1 atom stereocenters. The molecule has 0 spiro atoms. The van der Waals surface area contributed by atoms with Gasteiger partial charge >= 0.3 is 6.03 Å². The van der Waals surface area contributed by atoms with E-state index in [1.165, 1.54) is 54.7 Å². The lowest BCUT2D eigenvalue weighted by Crippen LogP contribution is -2.53. The number of fused-ring (bicyclic) bond motifs is 1. The molecule has 1 N–H and O–H groups in total. The molecule has 9 heteroatoms. The average molecular weight is 613 g/mol. The monoisotopic (exact) mass is 612 g/mol. The Kier molecular flexibility index (Phi) is 10.4. The molecular formula is C36H45FN6O2. The Labute approximate surface area is 266 Å². The summed E-state index contributed by atoms with van der Waals surface area (Å²) in [5.74, 6) is 0.881. The third-order valence-electron chi connectivity index (χ3n) is 8.80. The van der Waals surface area contributed by atoms with Gasteiger partial charge in [0.15, 0.2) is 0 Å². The number of guanidine groups is 1. The summed E-state index contributed by atoms with van der Waals surface area (Å²) in [4.78, 5) is 38.3. The number of nitrogens with zero attached hydrogens (tertiary/aromatic N) is 5. The molecule has 0 radical (unpaired) electrons. The van der Waals surface area contributed by atoms with Crippen molar-refractivity contribution in [2.45, 2.75) is 64.1 Å². The van der Waals surface area contributed by atoms with E-state index < -0.39 is 6.17 Å². The number of carbonyl (C=O) groups is 2. The van der Waals surface area contributed by atoms with E-state index >= 15 is 0 Å². The van der Waals surface area contributed by atoms with E-state index in [4.69, 9.17) is 4.99 Å². The Morgan fingerprint density at radius 3 is 2.29 bits per heavy atom. The highest BCUT2D eigenvalue weighted by molar-refractivity contribution is 6.01. The van der Waals surface area contributed by atoms with Crippen molar-refractivity contribution in [1.29, 1.82) is 0 Å². The molecule has 1 aliphatic carbocycles. The number of para-hydroxylation sites is 1. The summed E-state index contributed by atoms with van der Waals surface area (Å²) in [6, 6.07) is 22.9. The minimum Gasteiger partial charge on any atom is -0.345 e. The van der Waals surface area contributed by atoms with Crippen LogP contribution < -0.4 is 10.2 Å². The summed E-state index contributed by atoms with van der Waals surface area (Å²) in [6.07, 6.45) is 6.50. The normalized spacial score (nSPS) is 16.4. The summed E-state index contributed by atoms with van der Waals surface area (Å²) in [6.45, 7) is 3.04. The van der Waals surface area contributed by atoms with E-state index in [1.807, 2.05) is 36.2 Å². The van der Waals surface area contributed by atoms with Crippen molar-refractivity contribution in [3.63, 3.8) is 0 Å². The molecule has 3 amide bonds. The third kappa shape index (κ3) is 7.64. The second-order valence-electron chi connectivity index (χ2n) is 12.3. The highest BCUT2D eigenvalue weighted by Crippen LogP contribution is 2.42. The van der Waals surface area contributed by atoms with Gasteiger partial charge in [-0.1, -0.05) is 61.7 Å². The van der Waals surface area contributed by atoms with Crippen LogP contribution in [0.3, 0.4) is 0 Å². The van der Waals surface area contributed by atoms with Gasteiger partial charge in [-0.05, 0) is 66.6 Å². The smallest absolute Gasteiger partial charge is 0.316 e. The number of urea groups is 1. The fraction of sp³-hybridized carbons (Fsp3) is 0.417. The van der Waals surface area contributed by atoms with E-state index in [2.05, 4.69) is 39.4 Å². The van der Waals surface area contributed by atoms with E-state index in [0.717, 1.165) is 22.5 Å². The summed E-state index contributed by atoms with van der Waals surface area (Å²) >= 11 is 0. The van der Waals surface area contributed by atoms with Gasteiger partial charge in [0.05, 0.1) is 5.69 Å². The SMILES string of the molecule is CC(=O)N(Cc1ccc(F)cc1)C1c2ccccc2N=C(N(C)CCCNC(=O)N(C)C)N1c1ccc(C2CCCCC2)cc1. The van der Waals surface area contributed by atoms with Crippen molar-refractivity contribution in [2.24, 2.45) is 4.99 Å². The number of amides is 3. The molecule has 5 rings (SSSR count). The zero-order valence-electron chi connectivity index (χ0n) is 26.9. The topological polar surface area (TPSA) is 71.5 Å². The van der Waals surface area contributed by atoms with Crippen LogP contribution in [0.5, 0.6) is 0 Å². The van der Waals surface area contributed by atoms with Gasteiger partial charge < -0.3 is 20.0 Å². The first kappa shape index (κ1) is 32.0.